The summed E-state index contributed by atoms with van der Waals surface area (Å²) in [6.07, 6.45) is 4.67. The Morgan fingerprint density at radius 2 is 2.16 bits per heavy atom. The highest BCUT2D eigenvalue weighted by Gasteiger charge is 2.21. The average molecular weight is 263 g/mol. The zero-order valence-electron chi connectivity index (χ0n) is 12.0. The number of para-hydroxylation sites is 2. The second-order valence-corrected chi connectivity index (χ2v) is 5.11. The third kappa shape index (κ3) is 4.13. The van der Waals surface area contributed by atoms with Gasteiger partial charge >= 0.3 is 0 Å². The normalized spacial score (nSPS) is 23.1. The van der Waals surface area contributed by atoms with Crippen molar-refractivity contribution in [1.82, 2.24) is 0 Å². The molecule has 0 saturated carbocycles. The minimum absolute atomic E-state index is 0.398. The van der Waals surface area contributed by atoms with Crippen molar-refractivity contribution in [2.45, 2.75) is 51.7 Å². The van der Waals surface area contributed by atoms with Gasteiger partial charge < -0.3 is 14.8 Å². The molecule has 1 heterocycles. The minimum Gasteiger partial charge on any atom is -0.491 e. The predicted molar refractivity (Wildman–Crippen MR) is 78.9 cm³/mol. The quantitative estimate of drug-likeness (QED) is 0.845. The van der Waals surface area contributed by atoms with Crippen LogP contribution in [-0.2, 0) is 4.74 Å². The zero-order chi connectivity index (χ0) is 13.5. The Bertz CT molecular complexity index is 381. The van der Waals surface area contributed by atoms with Crippen LogP contribution < -0.4 is 10.1 Å². The van der Waals surface area contributed by atoms with Crippen LogP contribution in [0.3, 0.4) is 0 Å². The fourth-order valence-corrected chi connectivity index (χ4v) is 2.44. The number of benzene rings is 1. The lowest BCUT2D eigenvalue weighted by molar-refractivity contribution is 0.00922. The molecule has 0 amide bonds. The first kappa shape index (κ1) is 14.2. The molecule has 0 aromatic heterocycles. The molecule has 2 atom stereocenters. The first-order valence-corrected chi connectivity index (χ1v) is 7.43. The van der Waals surface area contributed by atoms with Gasteiger partial charge in [-0.1, -0.05) is 26.0 Å². The van der Waals surface area contributed by atoms with Gasteiger partial charge in [0.05, 0.1) is 18.4 Å². The highest BCUT2D eigenvalue weighted by Crippen LogP contribution is 2.27. The van der Waals surface area contributed by atoms with E-state index in [1.54, 1.807) is 0 Å². The van der Waals surface area contributed by atoms with Crippen LogP contribution >= 0.6 is 0 Å². The van der Waals surface area contributed by atoms with Gasteiger partial charge in [0.2, 0.25) is 0 Å². The Hall–Kier alpha value is -1.22. The second-order valence-electron chi connectivity index (χ2n) is 5.11. The summed E-state index contributed by atoms with van der Waals surface area (Å²) in [5.41, 5.74) is 1.11. The Kier molecular flexibility index (Phi) is 5.52. The maximum Gasteiger partial charge on any atom is 0.142 e. The van der Waals surface area contributed by atoms with E-state index >= 15 is 0 Å². The molecule has 1 aromatic carbocycles. The molecule has 19 heavy (non-hydrogen) atoms. The Morgan fingerprint density at radius 3 is 2.95 bits per heavy atom. The maximum absolute atomic E-state index is 5.79. The van der Waals surface area contributed by atoms with Crippen LogP contribution in [0.1, 0.15) is 39.5 Å². The molecule has 0 spiro atoms. The van der Waals surface area contributed by atoms with Crippen molar-refractivity contribution >= 4 is 5.69 Å². The molecular formula is C16H25NO2. The van der Waals surface area contributed by atoms with E-state index in [2.05, 4.69) is 31.3 Å². The van der Waals surface area contributed by atoms with E-state index in [1.807, 2.05) is 12.1 Å². The molecule has 1 N–H and O–H groups in total. The monoisotopic (exact) mass is 263 g/mol. The van der Waals surface area contributed by atoms with Gasteiger partial charge in [-0.15, -0.1) is 0 Å². The molecule has 1 aliphatic heterocycles. The van der Waals surface area contributed by atoms with Crippen molar-refractivity contribution in [3.63, 3.8) is 0 Å². The van der Waals surface area contributed by atoms with Gasteiger partial charge in [-0.05, 0) is 37.8 Å². The van der Waals surface area contributed by atoms with Crippen molar-refractivity contribution in [3.05, 3.63) is 24.3 Å². The van der Waals surface area contributed by atoms with Crippen LogP contribution in [0.25, 0.3) is 0 Å². The van der Waals surface area contributed by atoms with Gasteiger partial charge in [0.1, 0.15) is 5.75 Å². The summed E-state index contributed by atoms with van der Waals surface area (Å²) in [7, 11) is 0. The van der Waals surface area contributed by atoms with Crippen molar-refractivity contribution in [2.75, 3.05) is 18.5 Å². The van der Waals surface area contributed by atoms with E-state index < -0.39 is 0 Å². The number of nitrogens with one attached hydrogen (secondary N) is 1. The summed E-state index contributed by atoms with van der Waals surface area (Å²) in [5, 5.41) is 3.62. The lowest BCUT2D eigenvalue weighted by Gasteiger charge is -2.30. The van der Waals surface area contributed by atoms with Crippen LogP contribution in [0.2, 0.25) is 0 Å². The van der Waals surface area contributed by atoms with Gasteiger partial charge in [0.25, 0.3) is 0 Å². The van der Waals surface area contributed by atoms with Crippen molar-refractivity contribution < 1.29 is 9.47 Å². The van der Waals surface area contributed by atoms with Crippen LogP contribution in [-0.4, -0.2) is 25.4 Å². The fraction of sp³-hybridized carbons (Fsp3) is 0.625. The number of ether oxygens (including phenoxy) is 2. The summed E-state index contributed by atoms with van der Waals surface area (Å²) in [4.78, 5) is 0. The average Bonchev–Trinajstić information content (AvgIpc) is 2.46. The van der Waals surface area contributed by atoms with Gasteiger partial charge in [0, 0.05) is 12.6 Å². The molecule has 3 nitrogen and oxygen atoms in total. The molecule has 3 heteroatoms. The number of hydrogen-bond donors (Lipinski definition) is 1. The molecular weight excluding hydrogens is 238 g/mol. The molecule has 1 saturated heterocycles. The van der Waals surface area contributed by atoms with Crippen molar-refractivity contribution in [2.24, 2.45) is 0 Å². The first-order chi connectivity index (χ1) is 9.33. The van der Waals surface area contributed by atoms with Gasteiger partial charge in [-0.25, -0.2) is 0 Å². The minimum atomic E-state index is 0.398. The molecule has 106 valence electrons. The number of anilines is 1. The number of rotatable bonds is 6. The van der Waals surface area contributed by atoms with Crippen molar-refractivity contribution in [3.8, 4) is 5.75 Å². The summed E-state index contributed by atoms with van der Waals surface area (Å²) >= 11 is 0. The molecule has 1 aliphatic rings. The van der Waals surface area contributed by atoms with Crippen LogP contribution in [0, 0.1) is 0 Å². The van der Waals surface area contributed by atoms with Crippen LogP contribution in [0.15, 0.2) is 24.3 Å². The van der Waals surface area contributed by atoms with Crippen molar-refractivity contribution in [1.29, 1.82) is 0 Å². The SMILES string of the molecule is CCCOc1ccccc1NC1CCOC(CC)C1. The van der Waals surface area contributed by atoms with E-state index in [0.717, 1.165) is 50.3 Å². The molecule has 0 aliphatic carbocycles. The number of hydrogen-bond acceptors (Lipinski definition) is 3. The lowest BCUT2D eigenvalue weighted by Crippen LogP contribution is -2.33. The Balaban J connectivity index is 1.97. The standard InChI is InChI=1S/C16H25NO2/c1-3-10-19-16-8-6-5-7-15(16)17-13-9-11-18-14(4-2)12-13/h5-8,13-14,17H,3-4,9-12H2,1-2H3. The molecule has 0 radical (unpaired) electrons. The fourth-order valence-electron chi connectivity index (χ4n) is 2.44. The van der Waals surface area contributed by atoms with Gasteiger partial charge in [0.15, 0.2) is 0 Å². The highest BCUT2D eigenvalue weighted by molar-refractivity contribution is 5.56. The third-order valence-corrected chi connectivity index (χ3v) is 3.53. The topological polar surface area (TPSA) is 30.5 Å². The van der Waals surface area contributed by atoms with E-state index in [4.69, 9.17) is 9.47 Å². The summed E-state index contributed by atoms with van der Waals surface area (Å²) < 4.78 is 11.5. The maximum atomic E-state index is 5.79. The summed E-state index contributed by atoms with van der Waals surface area (Å²) in [6.45, 7) is 5.93. The largest absolute Gasteiger partial charge is 0.491 e. The van der Waals surface area contributed by atoms with E-state index in [9.17, 15) is 0 Å². The van der Waals surface area contributed by atoms with E-state index in [-0.39, 0.29) is 0 Å². The molecule has 1 aromatic rings. The lowest BCUT2D eigenvalue weighted by atomic mass is 10.0. The van der Waals surface area contributed by atoms with Gasteiger partial charge in [-0.2, -0.15) is 0 Å². The summed E-state index contributed by atoms with van der Waals surface area (Å²) in [5.74, 6) is 0.962. The van der Waals surface area contributed by atoms with E-state index in [1.165, 1.54) is 0 Å². The Labute approximate surface area is 116 Å². The smallest absolute Gasteiger partial charge is 0.142 e. The van der Waals surface area contributed by atoms with Crippen LogP contribution in [0.5, 0.6) is 5.75 Å². The van der Waals surface area contributed by atoms with E-state index in [0.29, 0.717) is 12.1 Å². The highest BCUT2D eigenvalue weighted by atomic mass is 16.5. The van der Waals surface area contributed by atoms with Gasteiger partial charge in [-0.3, -0.25) is 0 Å². The van der Waals surface area contributed by atoms with Crippen LogP contribution in [0.4, 0.5) is 5.69 Å². The Morgan fingerprint density at radius 1 is 1.32 bits per heavy atom. The molecule has 0 bridgehead atoms. The first-order valence-electron chi connectivity index (χ1n) is 7.43. The molecule has 2 unspecified atom stereocenters. The second kappa shape index (κ2) is 7.39. The summed E-state index contributed by atoms with van der Waals surface area (Å²) in [6, 6.07) is 8.70. The molecule has 1 fully saturated rings. The third-order valence-electron chi connectivity index (χ3n) is 3.53. The zero-order valence-corrected chi connectivity index (χ0v) is 12.0. The molecule has 2 rings (SSSR count). The predicted octanol–water partition coefficient (Wildman–Crippen LogP) is 3.84.